The summed E-state index contributed by atoms with van der Waals surface area (Å²) < 4.78 is 7.02. The van der Waals surface area contributed by atoms with Gasteiger partial charge in [-0.05, 0) is 69.4 Å². The van der Waals surface area contributed by atoms with E-state index >= 15 is 0 Å². The molecule has 0 aliphatic heterocycles. The van der Waals surface area contributed by atoms with Crippen LogP contribution in [0.2, 0.25) is 0 Å². The summed E-state index contributed by atoms with van der Waals surface area (Å²) in [5.74, 6) is 1.02. The molecular formula is C14H11I2NO2. The van der Waals surface area contributed by atoms with Crippen LogP contribution in [0, 0.1) is 7.14 Å². The Bertz CT molecular complexity index is 627. The number of aromatic hydroxyl groups is 1. The Labute approximate surface area is 139 Å². The van der Waals surface area contributed by atoms with Gasteiger partial charge in [-0.2, -0.15) is 0 Å². The Hall–Kier alpha value is -0.830. The first-order chi connectivity index (χ1) is 9.10. The molecule has 0 bridgehead atoms. The normalized spacial score (nSPS) is 10.9. The van der Waals surface area contributed by atoms with E-state index in [1.807, 2.05) is 36.4 Å². The minimum atomic E-state index is 0.257. The van der Waals surface area contributed by atoms with E-state index in [1.54, 1.807) is 13.3 Å². The van der Waals surface area contributed by atoms with Crippen LogP contribution in [0.15, 0.2) is 41.4 Å². The monoisotopic (exact) mass is 479 g/mol. The lowest BCUT2D eigenvalue weighted by atomic mass is 10.2. The van der Waals surface area contributed by atoms with Crippen molar-refractivity contribution in [1.82, 2.24) is 0 Å². The SMILES string of the molecule is COc1cccc(N=Cc2cc(I)cc(I)c2O)c1. The second kappa shape index (κ2) is 6.56. The Morgan fingerprint density at radius 3 is 2.74 bits per heavy atom. The minimum Gasteiger partial charge on any atom is -0.506 e. The third-order valence-electron chi connectivity index (χ3n) is 2.46. The maximum Gasteiger partial charge on any atom is 0.137 e. The van der Waals surface area contributed by atoms with Gasteiger partial charge in [0.25, 0.3) is 0 Å². The lowest BCUT2D eigenvalue weighted by molar-refractivity contribution is 0.415. The zero-order valence-corrected chi connectivity index (χ0v) is 14.4. The van der Waals surface area contributed by atoms with Gasteiger partial charge in [0.2, 0.25) is 0 Å². The molecule has 0 heterocycles. The number of halogens is 2. The van der Waals surface area contributed by atoms with E-state index in [4.69, 9.17) is 4.74 Å². The summed E-state index contributed by atoms with van der Waals surface area (Å²) in [6.45, 7) is 0. The second-order valence-electron chi connectivity index (χ2n) is 3.79. The Morgan fingerprint density at radius 2 is 2.00 bits per heavy atom. The molecule has 98 valence electrons. The summed E-state index contributed by atoms with van der Waals surface area (Å²) in [5.41, 5.74) is 1.49. The number of phenols is 1. The molecule has 0 aromatic heterocycles. The van der Waals surface area contributed by atoms with Gasteiger partial charge in [-0.1, -0.05) is 6.07 Å². The van der Waals surface area contributed by atoms with Crippen LogP contribution in [0.1, 0.15) is 5.56 Å². The first-order valence-electron chi connectivity index (χ1n) is 5.46. The Balaban J connectivity index is 2.32. The Kier molecular flexibility index (Phi) is 5.03. The maximum atomic E-state index is 9.97. The van der Waals surface area contributed by atoms with Crippen molar-refractivity contribution in [3.05, 3.63) is 49.1 Å². The second-order valence-corrected chi connectivity index (χ2v) is 6.19. The zero-order valence-electron chi connectivity index (χ0n) is 10.1. The van der Waals surface area contributed by atoms with Crippen molar-refractivity contribution in [2.75, 3.05) is 7.11 Å². The third kappa shape index (κ3) is 3.82. The molecule has 2 aromatic carbocycles. The van der Waals surface area contributed by atoms with Gasteiger partial charge >= 0.3 is 0 Å². The molecular weight excluding hydrogens is 468 g/mol. The average Bonchev–Trinajstić information content (AvgIpc) is 2.41. The number of benzene rings is 2. The topological polar surface area (TPSA) is 41.8 Å². The number of phenolic OH excluding ortho intramolecular Hbond substituents is 1. The van der Waals surface area contributed by atoms with Crippen LogP contribution in [-0.4, -0.2) is 18.4 Å². The highest BCUT2D eigenvalue weighted by molar-refractivity contribution is 14.1. The first kappa shape index (κ1) is 14.6. The molecule has 1 N–H and O–H groups in total. The molecule has 0 fully saturated rings. The molecule has 3 nitrogen and oxygen atoms in total. The number of hydrogen-bond acceptors (Lipinski definition) is 3. The molecule has 0 amide bonds. The van der Waals surface area contributed by atoms with E-state index < -0.39 is 0 Å². The van der Waals surface area contributed by atoms with Crippen LogP contribution in [0.5, 0.6) is 11.5 Å². The van der Waals surface area contributed by atoms with Gasteiger partial charge < -0.3 is 9.84 Å². The number of aliphatic imine (C=N–C) groups is 1. The van der Waals surface area contributed by atoms with Gasteiger partial charge in [0.15, 0.2) is 0 Å². The van der Waals surface area contributed by atoms with Crippen molar-refractivity contribution < 1.29 is 9.84 Å². The number of methoxy groups -OCH3 is 1. The van der Waals surface area contributed by atoms with Crippen molar-refractivity contribution in [3.8, 4) is 11.5 Å². The van der Waals surface area contributed by atoms with E-state index in [9.17, 15) is 5.11 Å². The lowest BCUT2D eigenvalue weighted by Crippen LogP contribution is -1.87. The molecule has 0 radical (unpaired) electrons. The van der Waals surface area contributed by atoms with Gasteiger partial charge in [0, 0.05) is 21.4 Å². The lowest BCUT2D eigenvalue weighted by Gasteiger charge is -2.03. The quantitative estimate of drug-likeness (QED) is 0.526. The van der Waals surface area contributed by atoms with Gasteiger partial charge in [0.05, 0.1) is 16.4 Å². The number of nitrogens with zero attached hydrogens (tertiary/aromatic N) is 1. The molecule has 0 unspecified atom stereocenters. The molecule has 0 aliphatic rings. The van der Waals surface area contributed by atoms with Crippen molar-refractivity contribution in [3.63, 3.8) is 0 Å². The molecule has 0 saturated carbocycles. The van der Waals surface area contributed by atoms with E-state index in [-0.39, 0.29) is 5.75 Å². The largest absolute Gasteiger partial charge is 0.506 e. The van der Waals surface area contributed by atoms with Crippen LogP contribution in [-0.2, 0) is 0 Å². The highest BCUT2D eigenvalue weighted by Gasteiger charge is 2.05. The molecule has 0 spiro atoms. The molecule has 2 rings (SSSR count). The highest BCUT2D eigenvalue weighted by Crippen LogP contribution is 2.26. The van der Waals surface area contributed by atoms with Crippen molar-refractivity contribution in [1.29, 1.82) is 0 Å². The maximum absolute atomic E-state index is 9.97. The molecule has 19 heavy (non-hydrogen) atoms. The smallest absolute Gasteiger partial charge is 0.137 e. The zero-order chi connectivity index (χ0) is 13.8. The summed E-state index contributed by atoms with van der Waals surface area (Å²) >= 11 is 4.32. The standard InChI is InChI=1S/C14H11I2NO2/c1-19-12-4-2-3-11(7-12)17-8-9-5-10(15)6-13(16)14(9)18/h2-8,18H,1H3. The number of ether oxygens (including phenoxy) is 1. The molecule has 5 heteroatoms. The van der Waals surface area contributed by atoms with E-state index in [0.29, 0.717) is 5.56 Å². The van der Waals surface area contributed by atoms with Crippen LogP contribution in [0.3, 0.4) is 0 Å². The predicted molar refractivity (Wildman–Crippen MR) is 93.8 cm³/mol. The average molecular weight is 479 g/mol. The van der Waals surface area contributed by atoms with Crippen LogP contribution < -0.4 is 4.74 Å². The third-order valence-corrected chi connectivity index (χ3v) is 3.91. The molecule has 0 aliphatic carbocycles. The summed E-state index contributed by atoms with van der Waals surface area (Å²) in [7, 11) is 1.62. The number of hydrogen-bond donors (Lipinski definition) is 1. The van der Waals surface area contributed by atoms with Gasteiger partial charge in [-0.15, -0.1) is 0 Å². The molecule has 0 saturated heterocycles. The predicted octanol–water partition coefficient (Wildman–Crippen LogP) is 4.36. The fraction of sp³-hybridized carbons (Fsp3) is 0.0714. The van der Waals surface area contributed by atoms with Gasteiger partial charge in [0.1, 0.15) is 11.5 Å². The van der Waals surface area contributed by atoms with Gasteiger partial charge in [-0.25, -0.2) is 0 Å². The van der Waals surface area contributed by atoms with Crippen LogP contribution in [0.25, 0.3) is 0 Å². The highest BCUT2D eigenvalue weighted by atomic mass is 127. The number of rotatable bonds is 3. The van der Waals surface area contributed by atoms with Crippen LogP contribution in [0.4, 0.5) is 5.69 Å². The van der Waals surface area contributed by atoms with Crippen LogP contribution >= 0.6 is 45.2 Å². The van der Waals surface area contributed by atoms with Gasteiger partial charge in [-0.3, -0.25) is 4.99 Å². The first-order valence-corrected chi connectivity index (χ1v) is 7.62. The van der Waals surface area contributed by atoms with Crippen molar-refractivity contribution in [2.24, 2.45) is 4.99 Å². The molecule has 2 aromatic rings. The summed E-state index contributed by atoms with van der Waals surface area (Å²) in [4.78, 5) is 4.36. The van der Waals surface area contributed by atoms with E-state index in [1.165, 1.54) is 0 Å². The molecule has 0 atom stereocenters. The fourth-order valence-electron chi connectivity index (χ4n) is 1.52. The summed E-state index contributed by atoms with van der Waals surface area (Å²) in [6.07, 6.45) is 1.66. The minimum absolute atomic E-state index is 0.257. The summed E-state index contributed by atoms with van der Waals surface area (Å²) in [6, 6.07) is 11.3. The van der Waals surface area contributed by atoms with Crippen molar-refractivity contribution >= 4 is 57.1 Å². The summed E-state index contributed by atoms with van der Waals surface area (Å²) in [5, 5.41) is 9.97. The van der Waals surface area contributed by atoms with E-state index in [0.717, 1.165) is 18.6 Å². The Morgan fingerprint density at radius 1 is 1.21 bits per heavy atom. The van der Waals surface area contributed by atoms with E-state index in [2.05, 4.69) is 50.2 Å². The van der Waals surface area contributed by atoms with Crippen molar-refractivity contribution in [2.45, 2.75) is 0 Å². The fourth-order valence-corrected chi connectivity index (χ4v) is 3.41.